The van der Waals surface area contributed by atoms with Crippen molar-refractivity contribution >= 4 is 79.3 Å². The maximum atomic E-state index is 11.2. The van der Waals surface area contributed by atoms with Gasteiger partial charge in [0.1, 0.15) is 34.0 Å². The number of thiol groups is 2. The molecule has 3 heterocycles. The van der Waals surface area contributed by atoms with Gasteiger partial charge in [0, 0.05) is 38.4 Å². The Morgan fingerprint density at radius 1 is 0.632 bits per heavy atom. The van der Waals surface area contributed by atoms with Gasteiger partial charge in [0.25, 0.3) is 0 Å². The summed E-state index contributed by atoms with van der Waals surface area (Å²) >= 11 is 7.06. The van der Waals surface area contributed by atoms with Crippen molar-refractivity contribution in [2.24, 2.45) is 0 Å². The van der Waals surface area contributed by atoms with Gasteiger partial charge < -0.3 is 18.4 Å². The van der Waals surface area contributed by atoms with Gasteiger partial charge in [0.2, 0.25) is 0 Å². The number of hydrogen-bond donors (Lipinski definition) is 3. The first-order valence-corrected chi connectivity index (χ1v) is 20.9. The molecule has 0 saturated heterocycles. The van der Waals surface area contributed by atoms with Crippen molar-refractivity contribution in [3.8, 4) is 22.6 Å². The first kappa shape index (κ1) is 46.1. The lowest BCUT2D eigenvalue weighted by molar-refractivity contribution is 0.112. The third-order valence-corrected chi connectivity index (χ3v) is 8.39. The third-order valence-electron chi connectivity index (χ3n) is 8.39. The number of aliphatic hydroxyl groups is 1. The van der Waals surface area contributed by atoms with Crippen molar-refractivity contribution in [2.45, 2.75) is 20.5 Å². The fraction of sp³-hybridized carbons (Fsp3) is 0.122. The molecular weight excluding hydrogens is 764 g/mol. The number of para-hydroxylation sites is 3. The summed E-state index contributed by atoms with van der Waals surface area (Å²) < 4.78 is 17.4. The van der Waals surface area contributed by atoms with Gasteiger partial charge in [-0.2, -0.15) is 25.3 Å². The van der Waals surface area contributed by atoms with Gasteiger partial charge in [0.05, 0.1) is 12.2 Å². The molecule has 3 aromatic heterocycles. The quantitative estimate of drug-likeness (QED) is 0.0916. The molecule has 0 saturated carbocycles. The first-order chi connectivity index (χ1) is 27.7. The summed E-state index contributed by atoms with van der Waals surface area (Å²) in [6, 6.07) is 45.0. The highest BCUT2D eigenvalue weighted by atomic mass is 32.1. The van der Waals surface area contributed by atoms with Crippen LogP contribution in [-0.2, 0) is 6.61 Å². The molecule has 0 radical (unpaired) electrons. The number of carbonyl (C=O) groups excluding carboxylic acids is 1. The van der Waals surface area contributed by atoms with Gasteiger partial charge in [0.15, 0.2) is 6.29 Å². The fourth-order valence-corrected chi connectivity index (χ4v) is 5.95. The SMILES string of the molecule is C.C1=CCC=C(c2cc3ccccc3o2)C=C1.CP.CS.CS.O=Cc1c(-c2ccccc2)oc2ccccc12.OCc1c(-c2ccccc2)oc2ccccc12. The number of rotatable bonds is 5. The number of benzene rings is 5. The van der Waals surface area contributed by atoms with Crippen LogP contribution in [0.25, 0.3) is 61.1 Å². The van der Waals surface area contributed by atoms with Gasteiger partial charge in [-0.3, -0.25) is 4.79 Å². The smallest absolute Gasteiger partial charge is 0.154 e. The number of aliphatic hydroxyl groups excluding tert-OH is 1. The number of fused-ring (bicyclic) bond motifs is 3. The normalized spacial score (nSPS) is 11.0. The Morgan fingerprint density at radius 3 is 1.74 bits per heavy atom. The van der Waals surface area contributed by atoms with Crippen molar-refractivity contribution in [2.75, 3.05) is 19.2 Å². The zero-order chi connectivity index (χ0) is 40.1. The second kappa shape index (κ2) is 25.1. The Morgan fingerprint density at radius 2 is 1.14 bits per heavy atom. The number of allylic oxidation sites excluding steroid dienone is 6. The van der Waals surface area contributed by atoms with Crippen LogP contribution in [0.5, 0.6) is 0 Å². The van der Waals surface area contributed by atoms with E-state index in [4.69, 9.17) is 13.3 Å². The standard InChI is InChI=1S/C15H12O2.C15H10O2.C15H12O.CH5P.2CH4S.CH4/c2*16-10-13-12-8-4-5-9-14(12)17-15(13)11-6-2-1-3-7-11;1-2-4-8-12(7-3-1)15-11-13-9-5-6-10-14(13)16-15;3*1-2;/h1-9,16H,10H2;1-10H;1-3,5-11H,4H2;2H2,1H3;2*2H,1H3;1H4. The molecule has 0 spiro atoms. The van der Waals surface area contributed by atoms with Crippen LogP contribution in [0.1, 0.15) is 35.5 Å². The minimum absolute atomic E-state index is 0. The van der Waals surface area contributed by atoms with Crippen molar-refractivity contribution in [3.63, 3.8) is 0 Å². The number of hydrogen-bond acceptors (Lipinski definition) is 7. The maximum absolute atomic E-state index is 11.2. The van der Waals surface area contributed by atoms with E-state index in [0.29, 0.717) is 11.3 Å². The molecule has 5 nitrogen and oxygen atoms in total. The molecule has 0 aliphatic heterocycles. The van der Waals surface area contributed by atoms with E-state index < -0.39 is 0 Å². The second-order valence-electron chi connectivity index (χ2n) is 11.6. The second-order valence-corrected chi connectivity index (χ2v) is 11.6. The molecule has 8 heteroatoms. The largest absolute Gasteiger partial charge is 0.456 e. The molecular formula is C49H51O5PS2. The predicted molar refractivity (Wildman–Crippen MR) is 254 cm³/mol. The Labute approximate surface area is 349 Å². The van der Waals surface area contributed by atoms with Crippen LogP contribution in [-0.4, -0.2) is 30.6 Å². The lowest BCUT2D eigenvalue weighted by Crippen LogP contribution is -1.84. The topological polar surface area (TPSA) is 76.7 Å². The molecule has 9 rings (SSSR count). The molecule has 57 heavy (non-hydrogen) atoms. The van der Waals surface area contributed by atoms with Crippen molar-refractivity contribution in [1.82, 2.24) is 0 Å². The van der Waals surface area contributed by atoms with E-state index in [9.17, 15) is 9.90 Å². The number of carbonyl (C=O) groups is 1. The van der Waals surface area contributed by atoms with E-state index in [-0.39, 0.29) is 14.0 Å². The lowest BCUT2D eigenvalue weighted by Gasteiger charge is -1.99. The molecule has 1 aliphatic rings. The highest BCUT2D eigenvalue weighted by Gasteiger charge is 2.15. The maximum Gasteiger partial charge on any atom is 0.154 e. The summed E-state index contributed by atoms with van der Waals surface area (Å²) in [6.07, 6.45) is 15.7. The summed E-state index contributed by atoms with van der Waals surface area (Å²) in [5.74, 6) is 2.34. The Kier molecular flexibility index (Phi) is 20.3. The van der Waals surface area contributed by atoms with Crippen LogP contribution < -0.4 is 0 Å². The molecule has 0 fully saturated rings. The molecule has 294 valence electrons. The zero-order valence-corrected chi connectivity index (χ0v) is 34.7. The number of aldehydes is 1. The average molecular weight is 815 g/mol. The highest BCUT2D eigenvalue weighted by Crippen LogP contribution is 2.34. The van der Waals surface area contributed by atoms with Gasteiger partial charge in [-0.25, -0.2) is 0 Å². The minimum atomic E-state index is -0.0127. The lowest BCUT2D eigenvalue weighted by atomic mass is 10.1. The van der Waals surface area contributed by atoms with Gasteiger partial charge in [-0.15, -0.1) is 9.24 Å². The van der Waals surface area contributed by atoms with Crippen molar-refractivity contribution in [1.29, 1.82) is 0 Å². The van der Waals surface area contributed by atoms with Crippen molar-refractivity contribution in [3.05, 3.63) is 187 Å². The summed E-state index contributed by atoms with van der Waals surface area (Å²) in [5, 5.41) is 12.5. The van der Waals surface area contributed by atoms with Crippen molar-refractivity contribution < 1.29 is 23.2 Å². The van der Waals surface area contributed by atoms with Crippen LogP contribution in [0.15, 0.2) is 183 Å². The molecule has 1 aliphatic carbocycles. The van der Waals surface area contributed by atoms with E-state index in [1.165, 1.54) is 0 Å². The molecule has 0 bridgehead atoms. The van der Waals surface area contributed by atoms with E-state index in [0.717, 1.165) is 79.4 Å². The van der Waals surface area contributed by atoms with E-state index in [1.807, 2.05) is 140 Å². The van der Waals surface area contributed by atoms with Gasteiger partial charge in [-0.1, -0.05) is 160 Å². The Hall–Kier alpha value is -5.30. The summed E-state index contributed by atoms with van der Waals surface area (Å²) in [5.41, 5.74) is 7.05. The Balaban J connectivity index is 0.000000213. The predicted octanol–water partition coefficient (Wildman–Crippen LogP) is 14.1. The minimum Gasteiger partial charge on any atom is -0.456 e. The molecule has 1 atom stereocenters. The van der Waals surface area contributed by atoms with Crippen LogP contribution in [0, 0.1) is 0 Å². The molecule has 1 unspecified atom stereocenters. The molecule has 5 aromatic carbocycles. The first-order valence-electron chi connectivity index (χ1n) is 17.9. The molecule has 0 amide bonds. The van der Waals surface area contributed by atoms with Crippen LogP contribution in [0.4, 0.5) is 0 Å². The Bertz CT molecular complexity index is 2440. The average Bonchev–Trinajstić information content (AvgIpc) is 3.94. The summed E-state index contributed by atoms with van der Waals surface area (Å²) in [6.45, 7) is 1.90. The van der Waals surface area contributed by atoms with Gasteiger partial charge >= 0.3 is 0 Å². The highest BCUT2D eigenvalue weighted by molar-refractivity contribution is 7.79. The fourth-order valence-electron chi connectivity index (χ4n) is 5.95. The molecule has 8 aromatic rings. The number of furan rings is 3. The van der Waals surface area contributed by atoms with E-state index >= 15 is 0 Å². The summed E-state index contributed by atoms with van der Waals surface area (Å²) in [7, 11) is 2.42. The van der Waals surface area contributed by atoms with E-state index in [2.05, 4.69) is 70.9 Å². The third kappa shape index (κ3) is 11.9. The zero-order valence-electron chi connectivity index (χ0n) is 31.7. The summed E-state index contributed by atoms with van der Waals surface area (Å²) in [4.78, 5) is 11.2. The van der Waals surface area contributed by atoms with E-state index in [1.54, 1.807) is 12.5 Å². The van der Waals surface area contributed by atoms with Gasteiger partial charge in [-0.05, 0) is 43.2 Å². The van der Waals surface area contributed by atoms with Crippen LogP contribution in [0.3, 0.4) is 0 Å². The monoisotopic (exact) mass is 814 g/mol. The van der Waals surface area contributed by atoms with Crippen LogP contribution in [0.2, 0.25) is 0 Å². The van der Waals surface area contributed by atoms with Crippen LogP contribution >= 0.6 is 34.5 Å². The molecule has 1 N–H and O–H groups in total.